The third-order valence-corrected chi connectivity index (χ3v) is 3.61. The van der Waals surface area contributed by atoms with Gasteiger partial charge in [-0.2, -0.15) is 0 Å². The number of benzene rings is 1. The van der Waals surface area contributed by atoms with Crippen LogP contribution >= 0.6 is 0 Å². The molecule has 1 aromatic rings. The van der Waals surface area contributed by atoms with Crippen molar-refractivity contribution in [3.8, 4) is 5.75 Å². The van der Waals surface area contributed by atoms with E-state index in [9.17, 15) is 4.79 Å². The minimum absolute atomic E-state index is 0.226. The number of hydrogen-bond acceptors (Lipinski definition) is 4. The smallest absolute Gasteiger partial charge is 0.410 e. The van der Waals surface area contributed by atoms with E-state index in [1.165, 1.54) is 0 Å². The molecule has 23 heavy (non-hydrogen) atoms. The number of hydrogen-bond donors (Lipinski definition) is 1. The van der Waals surface area contributed by atoms with Gasteiger partial charge in [-0.3, -0.25) is 0 Å². The first kappa shape index (κ1) is 17.4. The van der Waals surface area contributed by atoms with Gasteiger partial charge >= 0.3 is 6.09 Å². The number of nitrogens with one attached hydrogen (secondary N) is 1. The van der Waals surface area contributed by atoms with Crippen molar-refractivity contribution in [3.63, 3.8) is 0 Å². The third kappa shape index (κ3) is 5.66. The summed E-state index contributed by atoms with van der Waals surface area (Å²) in [7, 11) is 0. The van der Waals surface area contributed by atoms with Crippen LogP contribution in [-0.4, -0.2) is 42.3 Å². The van der Waals surface area contributed by atoms with Gasteiger partial charge in [-0.25, -0.2) is 4.79 Å². The van der Waals surface area contributed by atoms with Crippen molar-refractivity contribution in [1.82, 2.24) is 4.90 Å². The molecule has 1 unspecified atom stereocenters. The number of carbonyl (C=O) groups is 1. The second kappa shape index (κ2) is 7.57. The summed E-state index contributed by atoms with van der Waals surface area (Å²) in [5.74, 6) is 0.872. The number of piperidine rings is 1. The van der Waals surface area contributed by atoms with Gasteiger partial charge in [0, 0.05) is 24.8 Å². The van der Waals surface area contributed by atoms with Crippen LogP contribution in [0.5, 0.6) is 5.75 Å². The molecule has 1 aliphatic heterocycles. The summed E-state index contributed by atoms with van der Waals surface area (Å²) in [6, 6.07) is 8.18. The largest absolute Gasteiger partial charge is 0.494 e. The minimum atomic E-state index is -0.452. The zero-order valence-corrected chi connectivity index (χ0v) is 14.6. The Kier molecular flexibility index (Phi) is 5.74. The van der Waals surface area contributed by atoms with Gasteiger partial charge in [0.05, 0.1) is 6.61 Å². The van der Waals surface area contributed by atoms with Crippen LogP contribution in [0.15, 0.2) is 24.3 Å². The van der Waals surface area contributed by atoms with E-state index in [1.807, 2.05) is 52.0 Å². The zero-order chi connectivity index (χ0) is 16.9. The normalized spacial score (nSPS) is 18.4. The number of amides is 1. The van der Waals surface area contributed by atoms with Crippen LogP contribution in [0.25, 0.3) is 0 Å². The van der Waals surface area contributed by atoms with Crippen molar-refractivity contribution in [1.29, 1.82) is 0 Å². The molecule has 1 heterocycles. The highest BCUT2D eigenvalue weighted by atomic mass is 16.6. The number of nitrogens with zero attached hydrogens (tertiary/aromatic N) is 1. The van der Waals surface area contributed by atoms with Crippen LogP contribution < -0.4 is 10.1 Å². The van der Waals surface area contributed by atoms with Gasteiger partial charge in [0.15, 0.2) is 0 Å². The van der Waals surface area contributed by atoms with Gasteiger partial charge in [-0.15, -0.1) is 0 Å². The number of ether oxygens (including phenoxy) is 2. The van der Waals surface area contributed by atoms with Crippen LogP contribution in [0.3, 0.4) is 0 Å². The molecule has 5 heteroatoms. The lowest BCUT2D eigenvalue weighted by molar-refractivity contribution is 0.0206. The summed E-state index contributed by atoms with van der Waals surface area (Å²) in [4.78, 5) is 14.0. The van der Waals surface area contributed by atoms with Crippen molar-refractivity contribution < 1.29 is 14.3 Å². The van der Waals surface area contributed by atoms with E-state index >= 15 is 0 Å². The molecule has 2 rings (SSSR count). The first-order chi connectivity index (χ1) is 10.9. The van der Waals surface area contributed by atoms with Crippen LogP contribution in [0.2, 0.25) is 0 Å². The lowest BCUT2D eigenvalue weighted by Gasteiger charge is -2.34. The average molecular weight is 320 g/mol. The summed E-state index contributed by atoms with van der Waals surface area (Å²) in [6.45, 7) is 9.75. The molecule has 128 valence electrons. The highest BCUT2D eigenvalue weighted by molar-refractivity contribution is 5.68. The first-order valence-electron chi connectivity index (χ1n) is 8.34. The second-order valence-corrected chi connectivity index (χ2v) is 6.87. The number of rotatable bonds is 4. The van der Waals surface area contributed by atoms with Crippen LogP contribution in [0.4, 0.5) is 10.5 Å². The minimum Gasteiger partial charge on any atom is -0.494 e. The molecule has 1 fully saturated rings. The predicted molar refractivity (Wildman–Crippen MR) is 92.1 cm³/mol. The van der Waals surface area contributed by atoms with Gasteiger partial charge in [0.2, 0.25) is 0 Å². The summed E-state index contributed by atoms with van der Waals surface area (Å²) in [6.07, 6.45) is 1.80. The van der Waals surface area contributed by atoms with E-state index in [0.29, 0.717) is 13.2 Å². The van der Waals surface area contributed by atoms with Crippen molar-refractivity contribution >= 4 is 11.8 Å². The Labute approximate surface area is 139 Å². The number of anilines is 1. The maximum atomic E-state index is 12.2. The fourth-order valence-corrected chi connectivity index (χ4v) is 2.64. The lowest BCUT2D eigenvalue weighted by Crippen LogP contribution is -2.46. The molecule has 1 N–H and O–H groups in total. The maximum absolute atomic E-state index is 12.2. The van der Waals surface area contributed by atoms with Gasteiger partial charge in [0.25, 0.3) is 0 Å². The van der Waals surface area contributed by atoms with Crippen molar-refractivity contribution in [2.75, 3.05) is 25.0 Å². The van der Waals surface area contributed by atoms with Crippen LogP contribution in [-0.2, 0) is 4.74 Å². The number of likely N-dealkylation sites (tertiary alicyclic amines) is 1. The summed E-state index contributed by atoms with van der Waals surface area (Å²) >= 11 is 0. The van der Waals surface area contributed by atoms with Gasteiger partial charge in [0.1, 0.15) is 11.4 Å². The predicted octanol–water partition coefficient (Wildman–Crippen LogP) is 3.90. The summed E-state index contributed by atoms with van der Waals surface area (Å²) in [5, 5.41) is 3.49. The third-order valence-electron chi connectivity index (χ3n) is 3.61. The molecule has 0 aromatic heterocycles. The standard InChI is InChI=1S/C18H28N2O3/c1-5-22-16-10-8-14(9-11-16)19-15-7-6-12-20(13-15)17(21)23-18(2,3)4/h8-11,15,19H,5-7,12-13H2,1-4H3. The van der Waals surface area contributed by atoms with Gasteiger partial charge in [-0.1, -0.05) is 0 Å². The molecular weight excluding hydrogens is 292 g/mol. The molecule has 0 radical (unpaired) electrons. The van der Waals surface area contributed by atoms with Crippen LogP contribution in [0, 0.1) is 0 Å². The molecule has 0 saturated carbocycles. The SMILES string of the molecule is CCOc1ccc(NC2CCCN(C(=O)OC(C)(C)C)C2)cc1. The van der Waals surface area contributed by atoms with Crippen LogP contribution in [0.1, 0.15) is 40.5 Å². The number of carbonyl (C=O) groups excluding carboxylic acids is 1. The molecule has 1 saturated heterocycles. The Morgan fingerprint density at radius 1 is 1.30 bits per heavy atom. The monoisotopic (exact) mass is 320 g/mol. The molecule has 0 aliphatic carbocycles. The van der Waals surface area contributed by atoms with E-state index < -0.39 is 5.60 Å². The first-order valence-corrected chi connectivity index (χ1v) is 8.34. The molecule has 1 aromatic carbocycles. The lowest BCUT2D eigenvalue weighted by atomic mass is 10.1. The topological polar surface area (TPSA) is 50.8 Å². The van der Waals surface area contributed by atoms with Crippen molar-refractivity contribution in [2.24, 2.45) is 0 Å². The van der Waals surface area contributed by atoms with Crippen molar-refractivity contribution in [2.45, 2.75) is 52.2 Å². The molecule has 0 spiro atoms. The molecule has 1 atom stereocenters. The molecular formula is C18H28N2O3. The van der Waals surface area contributed by atoms with E-state index in [0.717, 1.165) is 30.8 Å². The Bertz CT molecular complexity index is 508. The Morgan fingerprint density at radius 2 is 2.00 bits per heavy atom. The fourth-order valence-electron chi connectivity index (χ4n) is 2.64. The fraction of sp³-hybridized carbons (Fsp3) is 0.611. The Morgan fingerprint density at radius 3 is 2.61 bits per heavy atom. The van der Waals surface area contributed by atoms with Crippen molar-refractivity contribution in [3.05, 3.63) is 24.3 Å². The maximum Gasteiger partial charge on any atom is 0.410 e. The summed E-state index contributed by atoms with van der Waals surface area (Å²) < 4.78 is 10.9. The molecule has 0 bridgehead atoms. The Hall–Kier alpha value is -1.91. The van der Waals surface area contributed by atoms with E-state index in [1.54, 1.807) is 4.90 Å². The van der Waals surface area contributed by atoms with E-state index in [4.69, 9.17) is 9.47 Å². The summed E-state index contributed by atoms with van der Waals surface area (Å²) in [5.41, 5.74) is 0.594. The second-order valence-electron chi connectivity index (χ2n) is 6.87. The van der Waals surface area contributed by atoms with E-state index in [-0.39, 0.29) is 12.1 Å². The zero-order valence-electron chi connectivity index (χ0n) is 14.6. The highest BCUT2D eigenvalue weighted by Crippen LogP contribution is 2.20. The average Bonchev–Trinajstić information content (AvgIpc) is 2.48. The Balaban J connectivity index is 1.89. The quantitative estimate of drug-likeness (QED) is 0.914. The van der Waals surface area contributed by atoms with Gasteiger partial charge in [-0.05, 0) is 64.8 Å². The van der Waals surface area contributed by atoms with Gasteiger partial charge < -0.3 is 19.7 Å². The highest BCUT2D eigenvalue weighted by Gasteiger charge is 2.27. The molecule has 1 amide bonds. The molecule has 5 nitrogen and oxygen atoms in total. The van der Waals surface area contributed by atoms with E-state index in [2.05, 4.69) is 5.32 Å². The molecule has 1 aliphatic rings.